The summed E-state index contributed by atoms with van der Waals surface area (Å²) < 4.78 is 12.9. The van der Waals surface area contributed by atoms with Gasteiger partial charge < -0.3 is 15.2 Å². The average Bonchev–Trinajstić information content (AvgIpc) is 2.69. The molecule has 6 nitrogen and oxygen atoms in total. The first-order chi connectivity index (χ1) is 8.69. The summed E-state index contributed by atoms with van der Waals surface area (Å²) >= 11 is 3.26. The van der Waals surface area contributed by atoms with Crippen molar-refractivity contribution in [3.63, 3.8) is 0 Å². The quantitative estimate of drug-likeness (QED) is 0.909. The van der Waals surface area contributed by atoms with Crippen molar-refractivity contribution in [2.75, 3.05) is 19.5 Å². The molecule has 1 aromatic carbocycles. The van der Waals surface area contributed by atoms with Crippen LogP contribution in [0.4, 0.5) is 5.95 Å². The lowest BCUT2D eigenvalue weighted by molar-refractivity contribution is 0.289. The zero-order valence-electron chi connectivity index (χ0n) is 9.84. The molecule has 2 aromatic rings. The van der Waals surface area contributed by atoms with Gasteiger partial charge in [0.05, 0.1) is 13.7 Å². The van der Waals surface area contributed by atoms with Gasteiger partial charge in [-0.2, -0.15) is 4.98 Å². The number of nitrogens with two attached hydrogens (primary N) is 1. The Kier molecular flexibility index (Phi) is 4.03. The van der Waals surface area contributed by atoms with E-state index in [1.165, 1.54) is 0 Å². The monoisotopic (exact) mass is 312 g/mol. The second-order valence-corrected chi connectivity index (χ2v) is 4.20. The largest absolute Gasteiger partial charge is 0.497 e. The average molecular weight is 313 g/mol. The third-order valence-electron chi connectivity index (χ3n) is 2.27. The number of anilines is 1. The third kappa shape index (κ3) is 3.13. The fraction of sp³-hybridized carbons (Fsp3) is 0.273. The lowest BCUT2D eigenvalue weighted by atomic mass is 10.3. The predicted molar refractivity (Wildman–Crippen MR) is 70.6 cm³/mol. The van der Waals surface area contributed by atoms with Gasteiger partial charge in [0.25, 0.3) is 0 Å². The maximum Gasteiger partial charge on any atom is 0.240 e. The number of nitrogen functional groups attached to an aromatic ring is 1. The van der Waals surface area contributed by atoms with Crippen LogP contribution in [-0.4, -0.2) is 28.5 Å². The molecule has 2 rings (SSSR count). The summed E-state index contributed by atoms with van der Waals surface area (Å²) in [6.45, 7) is 1.05. The number of ether oxygens (including phenoxy) is 2. The fourth-order valence-corrected chi connectivity index (χ4v) is 1.84. The highest BCUT2D eigenvalue weighted by molar-refractivity contribution is 9.10. The van der Waals surface area contributed by atoms with E-state index >= 15 is 0 Å². The molecule has 0 saturated heterocycles. The van der Waals surface area contributed by atoms with Gasteiger partial charge in [0, 0.05) is 0 Å². The van der Waals surface area contributed by atoms with E-state index in [9.17, 15) is 0 Å². The van der Waals surface area contributed by atoms with E-state index in [4.69, 9.17) is 15.2 Å². The minimum Gasteiger partial charge on any atom is -0.497 e. The van der Waals surface area contributed by atoms with Crippen molar-refractivity contribution in [3.8, 4) is 11.5 Å². The highest BCUT2D eigenvalue weighted by Crippen LogP contribution is 2.17. The molecular formula is C11H13BrN4O2. The summed E-state index contributed by atoms with van der Waals surface area (Å²) in [6.07, 6.45) is 0. The van der Waals surface area contributed by atoms with E-state index in [0.29, 0.717) is 17.9 Å². The smallest absolute Gasteiger partial charge is 0.240 e. The standard InChI is InChI=1S/C11H13BrN4O2/c1-17-8-2-4-9(5-3-8)18-7-6-16-10(12)14-11(13)15-16/h2-5H,6-7H2,1H3,(H2,13,15). The molecule has 96 valence electrons. The molecule has 7 heteroatoms. The molecule has 0 radical (unpaired) electrons. The number of halogens is 1. The van der Waals surface area contributed by atoms with E-state index in [1.54, 1.807) is 11.8 Å². The van der Waals surface area contributed by atoms with Gasteiger partial charge in [-0.25, -0.2) is 4.68 Å². The van der Waals surface area contributed by atoms with Gasteiger partial charge >= 0.3 is 0 Å². The third-order valence-corrected chi connectivity index (χ3v) is 2.86. The summed E-state index contributed by atoms with van der Waals surface area (Å²) in [5, 5.41) is 4.01. The first kappa shape index (κ1) is 12.7. The van der Waals surface area contributed by atoms with E-state index in [-0.39, 0.29) is 5.95 Å². The van der Waals surface area contributed by atoms with Gasteiger partial charge in [-0.05, 0) is 40.2 Å². The summed E-state index contributed by atoms with van der Waals surface area (Å²) in [7, 11) is 1.63. The van der Waals surface area contributed by atoms with Crippen molar-refractivity contribution in [1.82, 2.24) is 14.8 Å². The molecule has 0 unspecified atom stereocenters. The molecule has 2 N–H and O–H groups in total. The minimum absolute atomic E-state index is 0.242. The Bertz CT molecular complexity index is 512. The lowest BCUT2D eigenvalue weighted by Gasteiger charge is -2.07. The highest BCUT2D eigenvalue weighted by Gasteiger charge is 2.04. The molecule has 0 aliphatic heterocycles. The summed E-state index contributed by atoms with van der Waals surface area (Å²) in [5.74, 6) is 1.82. The van der Waals surface area contributed by atoms with E-state index in [0.717, 1.165) is 11.5 Å². The van der Waals surface area contributed by atoms with E-state index in [1.807, 2.05) is 24.3 Å². The van der Waals surface area contributed by atoms with Crippen molar-refractivity contribution in [2.24, 2.45) is 0 Å². The zero-order chi connectivity index (χ0) is 13.0. The highest BCUT2D eigenvalue weighted by atomic mass is 79.9. The molecule has 0 aliphatic carbocycles. The molecule has 0 spiro atoms. The summed E-state index contributed by atoms with van der Waals surface area (Å²) in [5.41, 5.74) is 5.47. The van der Waals surface area contributed by atoms with Crippen molar-refractivity contribution in [1.29, 1.82) is 0 Å². The number of hydrogen-bond acceptors (Lipinski definition) is 5. The molecule has 0 saturated carbocycles. The van der Waals surface area contributed by atoms with Gasteiger partial charge in [-0.3, -0.25) is 0 Å². The molecule has 1 heterocycles. The van der Waals surface area contributed by atoms with Crippen LogP contribution in [0.15, 0.2) is 29.0 Å². The lowest BCUT2D eigenvalue weighted by Crippen LogP contribution is -2.10. The van der Waals surface area contributed by atoms with Crippen LogP contribution in [0.5, 0.6) is 11.5 Å². The van der Waals surface area contributed by atoms with Crippen LogP contribution in [-0.2, 0) is 6.54 Å². The molecule has 0 aliphatic rings. The summed E-state index contributed by atoms with van der Waals surface area (Å²) in [6, 6.07) is 7.39. The minimum atomic E-state index is 0.242. The first-order valence-corrected chi connectivity index (χ1v) is 6.11. The molecular weight excluding hydrogens is 300 g/mol. The van der Waals surface area contributed by atoms with E-state index in [2.05, 4.69) is 26.0 Å². The van der Waals surface area contributed by atoms with Crippen molar-refractivity contribution in [2.45, 2.75) is 6.54 Å². The Morgan fingerprint density at radius 1 is 1.28 bits per heavy atom. The molecule has 0 fully saturated rings. The molecule has 0 amide bonds. The van der Waals surface area contributed by atoms with Gasteiger partial charge in [-0.1, -0.05) is 0 Å². The number of aromatic nitrogens is 3. The van der Waals surface area contributed by atoms with Crippen molar-refractivity contribution >= 4 is 21.9 Å². The van der Waals surface area contributed by atoms with Gasteiger partial charge in [0.15, 0.2) is 4.73 Å². The second kappa shape index (κ2) is 5.72. The normalized spacial score (nSPS) is 10.3. The van der Waals surface area contributed by atoms with Crippen LogP contribution in [0.25, 0.3) is 0 Å². The number of nitrogens with zero attached hydrogens (tertiary/aromatic N) is 3. The van der Waals surface area contributed by atoms with Crippen LogP contribution >= 0.6 is 15.9 Å². The fourth-order valence-electron chi connectivity index (χ4n) is 1.40. The number of hydrogen-bond donors (Lipinski definition) is 1. The molecule has 0 bridgehead atoms. The van der Waals surface area contributed by atoms with Crippen LogP contribution in [0.3, 0.4) is 0 Å². The van der Waals surface area contributed by atoms with E-state index < -0.39 is 0 Å². The number of rotatable bonds is 5. The number of methoxy groups -OCH3 is 1. The Labute approximate surface area is 113 Å². The van der Waals surface area contributed by atoms with Crippen LogP contribution < -0.4 is 15.2 Å². The van der Waals surface area contributed by atoms with Crippen molar-refractivity contribution < 1.29 is 9.47 Å². The predicted octanol–water partition coefficient (Wildman–Crippen LogP) is 1.71. The molecule has 18 heavy (non-hydrogen) atoms. The first-order valence-electron chi connectivity index (χ1n) is 5.31. The molecule has 1 aromatic heterocycles. The Hall–Kier alpha value is -1.76. The summed E-state index contributed by atoms with van der Waals surface area (Å²) in [4.78, 5) is 3.93. The van der Waals surface area contributed by atoms with Crippen LogP contribution in [0, 0.1) is 0 Å². The van der Waals surface area contributed by atoms with Gasteiger partial charge in [0.1, 0.15) is 18.1 Å². The SMILES string of the molecule is COc1ccc(OCCn2nc(N)nc2Br)cc1. The van der Waals surface area contributed by atoms with Crippen LogP contribution in [0.2, 0.25) is 0 Å². The van der Waals surface area contributed by atoms with Gasteiger partial charge in [0.2, 0.25) is 5.95 Å². The van der Waals surface area contributed by atoms with Crippen LogP contribution in [0.1, 0.15) is 0 Å². The Morgan fingerprint density at radius 3 is 2.50 bits per heavy atom. The van der Waals surface area contributed by atoms with Gasteiger partial charge in [-0.15, -0.1) is 5.10 Å². The zero-order valence-corrected chi connectivity index (χ0v) is 11.4. The Balaban J connectivity index is 1.86. The number of benzene rings is 1. The molecule has 0 atom stereocenters. The maximum atomic E-state index is 5.57. The Morgan fingerprint density at radius 2 is 1.94 bits per heavy atom. The second-order valence-electron chi connectivity index (χ2n) is 3.49. The topological polar surface area (TPSA) is 75.2 Å². The van der Waals surface area contributed by atoms with Crippen molar-refractivity contribution in [3.05, 3.63) is 29.0 Å². The maximum absolute atomic E-state index is 5.57.